The number of pyridine rings is 2. The molecule has 0 unspecified atom stereocenters. The summed E-state index contributed by atoms with van der Waals surface area (Å²) in [6.45, 7) is 8.33. The lowest BCUT2D eigenvalue weighted by Gasteiger charge is -2.33. The van der Waals surface area contributed by atoms with Gasteiger partial charge in [-0.15, -0.1) is 0 Å². The maximum atomic E-state index is 6.43. The monoisotopic (exact) mass is 376 g/mol. The Kier molecular flexibility index (Phi) is 6.20. The van der Waals surface area contributed by atoms with Gasteiger partial charge in [-0.2, -0.15) is 0 Å². The Balaban J connectivity index is 1.78. The molecule has 0 amide bonds. The van der Waals surface area contributed by atoms with Gasteiger partial charge < -0.3 is 4.90 Å². The largest absolute Gasteiger partial charge is 0.356 e. The summed E-state index contributed by atoms with van der Waals surface area (Å²) in [6, 6.07) is 4.82. The fourth-order valence-electron chi connectivity index (χ4n) is 3.21. The number of hydrogen-bond donors (Lipinski definition) is 1. The molecular formula is C19H25ClN4S. The minimum atomic E-state index is 0.592. The summed E-state index contributed by atoms with van der Waals surface area (Å²) in [6.07, 6.45) is 5.91. The summed E-state index contributed by atoms with van der Waals surface area (Å²) in [5, 5.41) is 0.652. The predicted octanol–water partition coefficient (Wildman–Crippen LogP) is 4.64. The van der Waals surface area contributed by atoms with Gasteiger partial charge in [0, 0.05) is 42.8 Å². The van der Waals surface area contributed by atoms with Crippen molar-refractivity contribution in [3.63, 3.8) is 0 Å². The average Bonchev–Trinajstić information content (AvgIpc) is 2.61. The topological polar surface area (TPSA) is 41.0 Å². The van der Waals surface area contributed by atoms with E-state index in [0.29, 0.717) is 11.1 Å². The molecule has 1 fully saturated rings. The van der Waals surface area contributed by atoms with Crippen molar-refractivity contribution >= 4 is 29.4 Å². The molecule has 134 valence electrons. The molecule has 3 rings (SSSR count). The van der Waals surface area contributed by atoms with Gasteiger partial charge in [-0.05, 0) is 43.9 Å². The maximum absolute atomic E-state index is 6.43. The smallest absolute Gasteiger partial charge is 0.129 e. The van der Waals surface area contributed by atoms with E-state index in [4.69, 9.17) is 11.6 Å². The summed E-state index contributed by atoms with van der Waals surface area (Å²) in [4.78, 5) is 11.5. The molecule has 3 heterocycles. The number of halogens is 1. The molecule has 6 heteroatoms. The third-order valence-corrected chi connectivity index (χ3v) is 5.61. The van der Waals surface area contributed by atoms with E-state index in [1.807, 2.05) is 6.20 Å². The number of rotatable bonds is 5. The predicted molar refractivity (Wildman–Crippen MR) is 108 cm³/mol. The van der Waals surface area contributed by atoms with Crippen molar-refractivity contribution in [1.82, 2.24) is 14.7 Å². The minimum absolute atomic E-state index is 0.592. The van der Waals surface area contributed by atoms with Gasteiger partial charge >= 0.3 is 0 Å². The third kappa shape index (κ3) is 4.46. The summed E-state index contributed by atoms with van der Waals surface area (Å²) in [5.74, 6) is 2.09. The molecule has 1 N–H and O–H groups in total. The number of piperidine rings is 1. The van der Waals surface area contributed by atoms with Crippen molar-refractivity contribution in [2.24, 2.45) is 0 Å². The Labute approximate surface area is 159 Å². The first-order chi connectivity index (χ1) is 12.1. The molecule has 0 atom stereocenters. The van der Waals surface area contributed by atoms with E-state index < -0.39 is 0 Å². The lowest BCUT2D eigenvalue weighted by Crippen LogP contribution is -2.40. The number of nitrogens with zero attached hydrogens (tertiary/aromatic N) is 3. The van der Waals surface area contributed by atoms with E-state index in [-0.39, 0.29) is 0 Å². The Morgan fingerprint density at radius 1 is 1.20 bits per heavy atom. The van der Waals surface area contributed by atoms with Crippen molar-refractivity contribution in [3.8, 4) is 11.3 Å². The SMILES string of the molecule is CCSNC1CCN(c2cc(-c3ncc(C)cc3C)c(Cl)cn2)CC1. The molecule has 2 aromatic heterocycles. The summed E-state index contributed by atoms with van der Waals surface area (Å²) in [7, 11) is 0. The Hall–Kier alpha value is -1.30. The molecule has 0 aliphatic carbocycles. The van der Waals surface area contributed by atoms with Crippen LogP contribution in [0, 0.1) is 13.8 Å². The Morgan fingerprint density at radius 2 is 1.96 bits per heavy atom. The van der Waals surface area contributed by atoms with Gasteiger partial charge in [-0.3, -0.25) is 9.71 Å². The first kappa shape index (κ1) is 18.5. The van der Waals surface area contributed by atoms with Gasteiger partial charge in [0.05, 0.1) is 10.7 Å². The lowest BCUT2D eigenvalue weighted by molar-refractivity contribution is 0.477. The lowest BCUT2D eigenvalue weighted by atomic mass is 10.0. The van der Waals surface area contributed by atoms with Gasteiger partial charge in [0.15, 0.2) is 0 Å². The molecule has 1 aliphatic heterocycles. The second kappa shape index (κ2) is 8.39. The van der Waals surface area contributed by atoms with E-state index >= 15 is 0 Å². The number of aromatic nitrogens is 2. The van der Waals surface area contributed by atoms with Crippen molar-refractivity contribution in [1.29, 1.82) is 0 Å². The van der Waals surface area contributed by atoms with Gasteiger partial charge in [0.25, 0.3) is 0 Å². The molecule has 0 saturated carbocycles. The van der Waals surface area contributed by atoms with Crippen LogP contribution < -0.4 is 9.62 Å². The summed E-state index contributed by atoms with van der Waals surface area (Å²) < 4.78 is 3.54. The summed E-state index contributed by atoms with van der Waals surface area (Å²) >= 11 is 8.23. The molecule has 4 nitrogen and oxygen atoms in total. The van der Waals surface area contributed by atoms with Crippen LogP contribution in [0.3, 0.4) is 0 Å². The Morgan fingerprint density at radius 3 is 2.64 bits per heavy atom. The zero-order chi connectivity index (χ0) is 17.8. The summed E-state index contributed by atoms with van der Waals surface area (Å²) in [5.41, 5.74) is 4.20. The van der Waals surface area contributed by atoms with Crippen LogP contribution in [0.1, 0.15) is 30.9 Å². The van der Waals surface area contributed by atoms with Crippen molar-refractivity contribution < 1.29 is 0 Å². The van der Waals surface area contributed by atoms with Crippen LogP contribution >= 0.6 is 23.5 Å². The average molecular weight is 377 g/mol. The van der Waals surface area contributed by atoms with Crippen molar-refractivity contribution in [2.75, 3.05) is 23.7 Å². The zero-order valence-corrected chi connectivity index (χ0v) is 16.6. The van der Waals surface area contributed by atoms with Crippen LogP contribution in [-0.2, 0) is 0 Å². The molecular weight excluding hydrogens is 352 g/mol. The number of aryl methyl sites for hydroxylation is 2. The second-order valence-electron chi connectivity index (χ2n) is 6.51. The highest BCUT2D eigenvalue weighted by Gasteiger charge is 2.21. The molecule has 0 spiro atoms. The van der Waals surface area contributed by atoms with E-state index in [0.717, 1.165) is 59.9 Å². The van der Waals surface area contributed by atoms with Crippen molar-refractivity contribution in [2.45, 2.75) is 39.7 Å². The highest BCUT2D eigenvalue weighted by atomic mass is 35.5. The fraction of sp³-hybridized carbons (Fsp3) is 0.474. The van der Waals surface area contributed by atoms with Gasteiger partial charge in [0.1, 0.15) is 5.82 Å². The van der Waals surface area contributed by atoms with Gasteiger partial charge in [0.2, 0.25) is 0 Å². The normalized spacial score (nSPS) is 15.6. The molecule has 0 bridgehead atoms. The molecule has 0 radical (unpaired) electrons. The molecule has 1 saturated heterocycles. The molecule has 25 heavy (non-hydrogen) atoms. The van der Waals surface area contributed by atoms with Crippen LogP contribution in [0.4, 0.5) is 5.82 Å². The van der Waals surface area contributed by atoms with Gasteiger partial charge in [-0.25, -0.2) is 4.98 Å². The highest BCUT2D eigenvalue weighted by Crippen LogP contribution is 2.32. The maximum Gasteiger partial charge on any atom is 0.129 e. The first-order valence-corrected chi connectivity index (χ1v) is 10.2. The van der Waals surface area contributed by atoms with Crippen molar-refractivity contribution in [3.05, 3.63) is 40.7 Å². The number of anilines is 1. The number of nitrogens with one attached hydrogen (secondary N) is 1. The highest BCUT2D eigenvalue weighted by molar-refractivity contribution is 7.97. The second-order valence-corrected chi connectivity index (χ2v) is 8.02. The third-order valence-electron chi connectivity index (χ3n) is 4.52. The molecule has 1 aliphatic rings. The van der Waals surface area contributed by atoms with Crippen LogP contribution in [0.15, 0.2) is 24.5 Å². The van der Waals surface area contributed by atoms with Crippen LogP contribution in [0.25, 0.3) is 11.3 Å². The molecule has 0 aromatic carbocycles. The first-order valence-electron chi connectivity index (χ1n) is 8.80. The molecule has 2 aromatic rings. The standard InChI is InChI=1S/C19H25ClN4S/c1-4-25-23-15-5-7-24(8-6-15)18-10-16(17(20)12-21-18)19-14(3)9-13(2)11-22-19/h9-12,15,23H,4-8H2,1-3H3. The van der Waals surface area contributed by atoms with Crippen LogP contribution in [0.5, 0.6) is 0 Å². The fourth-order valence-corrected chi connectivity index (χ4v) is 4.04. The van der Waals surface area contributed by atoms with E-state index in [1.165, 1.54) is 0 Å². The minimum Gasteiger partial charge on any atom is -0.356 e. The van der Waals surface area contributed by atoms with E-state index in [1.54, 1.807) is 18.1 Å². The van der Waals surface area contributed by atoms with E-state index in [2.05, 4.69) is 52.5 Å². The van der Waals surface area contributed by atoms with E-state index in [9.17, 15) is 0 Å². The number of hydrogen-bond acceptors (Lipinski definition) is 5. The zero-order valence-electron chi connectivity index (χ0n) is 15.1. The van der Waals surface area contributed by atoms with Gasteiger partial charge in [-0.1, -0.05) is 36.5 Å². The Bertz CT molecular complexity index is 729. The van der Waals surface area contributed by atoms with Crippen LogP contribution in [0.2, 0.25) is 5.02 Å². The van der Waals surface area contributed by atoms with Crippen LogP contribution in [-0.4, -0.2) is 34.9 Å². The quantitative estimate of drug-likeness (QED) is 0.770.